The Morgan fingerprint density at radius 3 is 2.77 bits per heavy atom. The number of halogens is 3. The van der Waals surface area contributed by atoms with Crippen LogP contribution in [0.3, 0.4) is 0 Å². The molecule has 140 valence electrons. The first-order valence-corrected chi connectivity index (χ1v) is 9.16. The molecule has 1 spiro atoms. The molecule has 0 bridgehead atoms. The van der Waals surface area contributed by atoms with Gasteiger partial charge in [0.15, 0.2) is 5.65 Å². The summed E-state index contributed by atoms with van der Waals surface area (Å²) in [5.74, 6) is -2.49. The van der Waals surface area contributed by atoms with Crippen LogP contribution in [-0.4, -0.2) is 39.1 Å². The smallest absolute Gasteiger partial charge is 0.315 e. The van der Waals surface area contributed by atoms with Crippen LogP contribution in [0.1, 0.15) is 37.7 Å². The lowest BCUT2D eigenvalue weighted by Crippen LogP contribution is -2.44. The number of nitrogens with one attached hydrogen (secondary N) is 2. The van der Waals surface area contributed by atoms with E-state index in [0.29, 0.717) is 49.3 Å². The molecule has 0 radical (unpaired) electrons. The number of hydrogen-bond acceptors (Lipinski definition) is 3. The predicted molar refractivity (Wildman–Crippen MR) is 92.5 cm³/mol. The van der Waals surface area contributed by atoms with E-state index in [4.69, 9.17) is 11.6 Å². The SMILES string of the molecule is O=C(NCCc1cnc2c(Cl)cnn2c1)NC1CCC2(CC1)CC2(F)F. The molecule has 2 aromatic rings. The first-order valence-electron chi connectivity index (χ1n) is 8.79. The van der Waals surface area contributed by atoms with Crippen LogP contribution in [0.2, 0.25) is 5.02 Å². The second kappa shape index (κ2) is 6.33. The third-order valence-electron chi connectivity index (χ3n) is 5.56. The van der Waals surface area contributed by atoms with Crippen molar-refractivity contribution in [2.75, 3.05) is 6.54 Å². The lowest BCUT2D eigenvalue weighted by molar-refractivity contribution is 0.0445. The first-order chi connectivity index (χ1) is 12.4. The minimum absolute atomic E-state index is 0.0127. The van der Waals surface area contributed by atoms with Crippen LogP contribution >= 0.6 is 11.6 Å². The zero-order valence-corrected chi connectivity index (χ0v) is 14.9. The van der Waals surface area contributed by atoms with E-state index in [9.17, 15) is 13.6 Å². The Hall–Kier alpha value is -1.96. The van der Waals surface area contributed by atoms with Crippen LogP contribution in [0.5, 0.6) is 0 Å². The third-order valence-corrected chi connectivity index (χ3v) is 5.82. The maximum atomic E-state index is 13.4. The summed E-state index contributed by atoms with van der Waals surface area (Å²) in [5, 5.41) is 10.3. The zero-order chi connectivity index (χ0) is 18.4. The number of alkyl halides is 2. The summed E-state index contributed by atoms with van der Waals surface area (Å²) >= 11 is 5.95. The standard InChI is InChI=1S/C17H20ClF2N5O/c18-13-8-23-25-9-11(7-22-14(13)25)3-6-21-15(26)24-12-1-4-16(5-2-12)10-17(16,19)20/h7-9,12H,1-6,10H2,(H2,21,24,26). The largest absolute Gasteiger partial charge is 0.338 e. The van der Waals surface area contributed by atoms with Gasteiger partial charge in [-0.15, -0.1) is 0 Å². The van der Waals surface area contributed by atoms with E-state index in [1.54, 1.807) is 10.7 Å². The lowest BCUT2D eigenvalue weighted by atomic mass is 9.83. The number of rotatable bonds is 4. The summed E-state index contributed by atoms with van der Waals surface area (Å²) < 4.78 is 28.3. The van der Waals surface area contributed by atoms with Gasteiger partial charge in [-0.1, -0.05) is 11.6 Å². The number of urea groups is 1. The highest BCUT2D eigenvalue weighted by Crippen LogP contribution is 2.67. The second-order valence-electron chi connectivity index (χ2n) is 7.31. The molecule has 0 atom stereocenters. The highest BCUT2D eigenvalue weighted by molar-refractivity contribution is 6.33. The molecular formula is C17H20ClF2N5O. The molecule has 0 unspecified atom stereocenters. The predicted octanol–water partition coefficient (Wildman–Crippen LogP) is 3.19. The fourth-order valence-electron chi connectivity index (χ4n) is 3.81. The molecule has 0 aliphatic heterocycles. The van der Waals surface area contributed by atoms with Gasteiger partial charge in [-0.2, -0.15) is 5.10 Å². The number of amides is 2. The third kappa shape index (κ3) is 3.22. The molecule has 2 saturated carbocycles. The van der Waals surface area contributed by atoms with Crippen molar-refractivity contribution in [3.8, 4) is 0 Å². The van der Waals surface area contributed by atoms with Gasteiger partial charge in [0.2, 0.25) is 0 Å². The molecule has 2 amide bonds. The van der Waals surface area contributed by atoms with Crippen LogP contribution in [0.15, 0.2) is 18.6 Å². The molecule has 4 rings (SSSR count). The number of aromatic nitrogens is 3. The molecule has 9 heteroatoms. The van der Waals surface area contributed by atoms with Gasteiger partial charge in [0.25, 0.3) is 5.92 Å². The highest BCUT2D eigenvalue weighted by Gasteiger charge is 2.70. The molecule has 2 aliphatic rings. The fourth-order valence-corrected chi connectivity index (χ4v) is 3.99. The normalized spacial score (nSPS) is 26.8. The summed E-state index contributed by atoms with van der Waals surface area (Å²) in [4.78, 5) is 16.2. The van der Waals surface area contributed by atoms with E-state index in [0.717, 1.165) is 5.56 Å². The Balaban J connectivity index is 1.20. The fraction of sp³-hybridized carbons (Fsp3) is 0.588. The summed E-state index contributed by atoms with van der Waals surface area (Å²) in [6, 6.07) is -0.286. The second-order valence-corrected chi connectivity index (χ2v) is 7.72. The van der Waals surface area contributed by atoms with Gasteiger partial charge < -0.3 is 10.6 Å². The van der Waals surface area contributed by atoms with E-state index in [-0.39, 0.29) is 18.5 Å². The number of hydrogen-bond donors (Lipinski definition) is 2. The van der Waals surface area contributed by atoms with Crippen LogP contribution in [-0.2, 0) is 6.42 Å². The molecule has 26 heavy (non-hydrogen) atoms. The summed E-state index contributed by atoms with van der Waals surface area (Å²) in [5.41, 5.74) is 0.744. The van der Waals surface area contributed by atoms with Crippen molar-refractivity contribution < 1.29 is 13.6 Å². The molecule has 2 N–H and O–H groups in total. The van der Waals surface area contributed by atoms with Gasteiger partial charge in [-0.3, -0.25) is 0 Å². The van der Waals surface area contributed by atoms with Crippen molar-refractivity contribution in [2.24, 2.45) is 5.41 Å². The van der Waals surface area contributed by atoms with Crippen molar-refractivity contribution in [3.63, 3.8) is 0 Å². The van der Waals surface area contributed by atoms with Crippen molar-refractivity contribution in [2.45, 2.75) is 50.5 Å². The van der Waals surface area contributed by atoms with Crippen LogP contribution in [0, 0.1) is 5.41 Å². The summed E-state index contributed by atoms with van der Waals surface area (Å²) in [6.07, 6.45) is 7.89. The van der Waals surface area contributed by atoms with E-state index in [2.05, 4.69) is 20.7 Å². The first kappa shape index (κ1) is 17.5. The lowest BCUT2D eigenvalue weighted by Gasteiger charge is -2.29. The monoisotopic (exact) mass is 383 g/mol. The zero-order valence-electron chi connectivity index (χ0n) is 14.1. The Bertz CT molecular complexity index is 832. The van der Waals surface area contributed by atoms with Crippen LogP contribution in [0.25, 0.3) is 5.65 Å². The van der Waals surface area contributed by atoms with Crippen LogP contribution < -0.4 is 10.6 Å². The van der Waals surface area contributed by atoms with Gasteiger partial charge >= 0.3 is 6.03 Å². The number of carbonyl (C=O) groups excluding carboxylic acids is 1. The molecule has 2 heterocycles. The van der Waals surface area contributed by atoms with Gasteiger partial charge in [-0.05, 0) is 37.7 Å². The average molecular weight is 384 g/mol. The van der Waals surface area contributed by atoms with Crippen molar-refractivity contribution >= 4 is 23.3 Å². The van der Waals surface area contributed by atoms with E-state index < -0.39 is 11.3 Å². The van der Waals surface area contributed by atoms with E-state index in [1.165, 1.54) is 6.20 Å². The van der Waals surface area contributed by atoms with E-state index >= 15 is 0 Å². The minimum Gasteiger partial charge on any atom is -0.338 e. The number of nitrogens with zero attached hydrogens (tertiary/aromatic N) is 3. The Labute approximate surface area is 154 Å². The maximum absolute atomic E-state index is 13.4. The van der Waals surface area contributed by atoms with Gasteiger partial charge in [0.1, 0.15) is 5.02 Å². The maximum Gasteiger partial charge on any atom is 0.315 e. The number of fused-ring (bicyclic) bond motifs is 1. The highest BCUT2D eigenvalue weighted by atomic mass is 35.5. The molecular weight excluding hydrogens is 364 g/mol. The van der Waals surface area contributed by atoms with Gasteiger partial charge in [0, 0.05) is 36.8 Å². The molecule has 0 saturated heterocycles. The molecule has 2 aromatic heterocycles. The van der Waals surface area contributed by atoms with Crippen molar-refractivity contribution in [1.29, 1.82) is 0 Å². The molecule has 6 nitrogen and oxygen atoms in total. The minimum atomic E-state index is -2.49. The van der Waals surface area contributed by atoms with Crippen LogP contribution in [0.4, 0.5) is 13.6 Å². The topological polar surface area (TPSA) is 71.3 Å². The van der Waals surface area contributed by atoms with Gasteiger partial charge in [-0.25, -0.2) is 23.1 Å². The van der Waals surface area contributed by atoms with Gasteiger partial charge in [0.05, 0.1) is 6.20 Å². The average Bonchev–Trinajstić information content (AvgIpc) is 2.93. The van der Waals surface area contributed by atoms with Crippen molar-refractivity contribution in [1.82, 2.24) is 25.2 Å². The summed E-state index contributed by atoms with van der Waals surface area (Å²) in [6.45, 7) is 0.447. The quantitative estimate of drug-likeness (QED) is 0.851. The Morgan fingerprint density at radius 2 is 2.08 bits per heavy atom. The molecule has 2 aliphatic carbocycles. The molecule has 2 fully saturated rings. The summed E-state index contributed by atoms with van der Waals surface area (Å²) in [7, 11) is 0. The Kier molecular flexibility index (Phi) is 4.25. The van der Waals surface area contributed by atoms with Crippen molar-refractivity contribution in [3.05, 3.63) is 29.2 Å². The van der Waals surface area contributed by atoms with E-state index in [1.807, 2.05) is 6.20 Å². The number of carbonyl (C=O) groups is 1. The Morgan fingerprint density at radius 1 is 1.35 bits per heavy atom. The molecule has 0 aromatic carbocycles.